The van der Waals surface area contributed by atoms with Crippen molar-refractivity contribution in [3.05, 3.63) is 6.07 Å². The van der Waals surface area contributed by atoms with E-state index in [1.807, 2.05) is 0 Å². The number of anilines is 1. The minimum absolute atomic E-state index is 0.0705. The number of nitrogens with one attached hydrogen (secondary N) is 1. The SMILES string of the molecule is COc1cc(OC)nc(NC2(CCl)CCC2)n1. The van der Waals surface area contributed by atoms with Crippen molar-refractivity contribution in [2.45, 2.75) is 24.8 Å². The molecule has 1 heterocycles. The van der Waals surface area contributed by atoms with Crippen LogP contribution in [0.1, 0.15) is 19.3 Å². The van der Waals surface area contributed by atoms with E-state index in [1.165, 1.54) is 6.42 Å². The van der Waals surface area contributed by atoms with Crippen LogP contribution in [0.15, 0.2) is 6.07 Å². The Kier molecular flexibility index (Phi) is 3.57. The Labute approximate surface area is 105 Å². The Balaban J connectivity index is 2.19. The molecule has 6 heteroatoms. The zero-order valence-electron chi connectivity index (χ0n) is 9.99. The van der Waals surface area contributed by atoms with E-state index >= 15 is 0 Å². The first-order valence-electron chi connectivity index (χ1n) is 5.52. The zero-order valence-corrected chi connectivity index (χ0v) is 10.8. The van der Waals surface area contributed by atoms with Gasteiger partial charge in [0.25, 0.3) is 0 Å². The highest BCUT2D eigenvalue weighted by Gasteiger charge is 2.36. The van der Waals surface area contributed by atoms with Gasteiger partial charge in [0.1, 0.15) is 0 Å². The van der Waals surface area contributed by atoms with Crippen molar-refractivity contribution in [3.63, 3.8) is 0 Å². The number of halogens is 1. The van der Waals surface area contributed by atoms with E-state index in [-0.39, 0.29) is 5.54 Å². The van der Waals surface area contributed by atoms with E-state index in [4.69, 9.17) is 21.1 Å². The third-order valence-corrected chi connectivity index (χ3v) is 3.55. The minimum Gasteiger partial charge on any atom is -0.481 e. The van der Waals surface area contributed by atoms with Gasteiger partial charge < -0.3 is 14.8 Å². The molecule has 0 aromatic carbocycles. The molecule has 0 atom stereocenters. The lowest BCUT2D eigenvalue weighted by Gasteiger charge is -2.40. The van der Waals surface area contributed by atoms with Crippen molar-refractivity contribution >= 4 is 17.5 Å². The van der Waals surface area contributed by atoms with Crippen LogP contribution in [0.4, 0.5) is 5.95 Å². The number of hydrogen-bond donors (Lipinski definition) is 1. The highest BCUT2D eigenvalue weighted by molar-refractivity contribution is 6.18. The second-order valence-corrected chi connectivity index (χ2v) is 4.44. The third-order valence-electron chi connectivity index (χ3n) is 3.04. The molecular weight excluding hydrogens is 242 g/mol. The molecular formula is C11H16ClN3O2. The predicted octanol–water partition coefficient (Wildman–Crippen LogP) is 2.07. The number of methoxy groups -OCH3 is 2. The van der Waals surface area contributed by atoms with Crippen molar-refractivity contribution < 1.29 is 9.47 Å². The van der Waals surface area contributed by atoms with Gasteiger partial charge >= 0.3 is 0 Å². The second-order valence-electron chi connectivity index (χ2n) is 4.17. The maximum absolute atomic E-state index is 5.98. The van der Waals surface area contributed by atoms with Crippen LogP contribution in [-0.4, -0.2) is 35.6 Å². The number of aromatic nitrogens is 2. The van der Waals surface area contributed by atoms with Gasteiger partial charge in [-0.25, -0.2) is 0 Å². The Morgan fingerprint density at radius 3 is 2.24 bits per heavy atom. The zero-order chi connectivity index (χ0) is 12.3. The van der Waals surface area contributed by atoms with Gasteiger partial charge in [0, 0.05) is 5.88 Å². The highest BCUT2D eigenvalue weighted by Crippen LogP contribution is 2.36. The van der Waals surface area contributed by atoms with Crippen LogP contribution in [-0.2, 0) is 0 Å². The van der Waals surface area contributed by atoms with Crippen LogP contribution < -0.4 is 14.8 Å². The summed E-state index contributed by atoms with van der Waals surface area (Å²) in [5, 5.41) is 3.28. The summed E-state index contributed by atoms with van der Waals surface area (Å²) in [5.74, 6) is 2.00. The van der Waals surface area contributed by atoms with E-state index in [9.17, 15) is 0 Å². The summed E-state index contributed by atoms with van der Waals surface area (Å²) >= 11 is 5.98. The first kappa shape index (κ1) is 12.2. The normalized spacial score (nSPS) is 17.1. The van der Waals surface area contributed by atoms with Crippen LogP contribution in [0.25, 0.3) is 0 Å². The lowest BCUT2D eigenvalue weighted by atomic mass is 9.78. The first-order valence-corrected chi connectivity index (χ1v) is 6.06. The van der Waals surface area contributed by atoms with Gasteiger partial charge in [0.2, 0.25) is 17.7 Å². The molecule has 1 saturated carbocycles. The Bertz CT molecular complexity index is 369. The van der Waals surface area contributed by atoms with Gasteiger partial charge in [-0.2, -0.15) is 9.97 Å². The highest BCUT2D eigenvalue weighted by atomic mass is 35.5. The summed E-state index contributed by atoms with van der Waals surface area (Å²) in [6.07, 6.45) is 3.26. The van der Waals surface area contributed by atoms with Crippen molar-refractivity contribution in [2.24, 2.45) is 0 Å². The second kappa shape index (κ2) is 4.96. The van der Waals surface area contributed by atoms with Crippen LogP contribution >= 0.6 is 11.6 Å². The summed E-state index contributed by atoms with van der Waals surface area (Å²) in [7, 11) is 3.12. The summed E-state index contributed by atoms with van der Waals surface area (Å²) in [4.78, 5) is 8.46. The number of alkyl halides is 1. The smallest absolute Gasteiger partial charge is 0.229 e. The number of hydrogen-bond acceptors (Lipinski definition) is 5. The standard InChI is InChI=1S/C11H16ClN3O2/c1-16-8-6-9(17-2)14-10(13-8)15-11(7-12)4-3-5-11/h6H,3-5,7H2,1-2H3,(H,13,14,15). The van der Waals surface area contributed by atoms with E-state index in [2.05, 4.69) is 15.3 Å². The largest absolute Gasteiger partial charge is 0.481 e. The molecule has 0 amide bonds. The fraction of sp³-hybridized carbons (Fsp3) is 0.636. The molecule has 1 aromatic heterocycles. The molecule has 0 unspecified atom stereocenters. The molecule has 0 spiro atoms. The average molecular weight is 258 g/mol. The number of ether oxygens (including phenoxy) is 2. The first-order chi connectivity index (χ1) is 8.21. The summed E-state index contributed by atoms with van der Waals surface area (Å²) < 4.78 is 10.2. The summed E-state index contributed by atoms with van der Waals surface area (Å²) in [6.45, 7) is 0. The molecule has 1 fully saturated rings. The van der Waals surface area contributed by atoms with Crippen LogP contribution in [0, 0.1) is 0 Å². The molecule has 1 N–H and O–H groups in total. The van der Waals surface area contributed by atoms with Gasteiger partial charge in [-0.05, 0) is 19.3 Å². The van der Waals surface area contributed by atoms with Crippen LogP contribution in [0.5, 0.6) is 11.8 Å². The Morgan fingerprint density at radius 1 is 1.29 bits per heavy atom. The minimum atomic E-state index is -0.0705. The van der Waals surface area contributed by atoms with Crippen molar-refractivity contribution in [2.75, 3.05) is 25.4 Å². The van der Waals surface area contributed by atoms with Gasteiger partial charge in [0.05, 0.1) is 25.8 Å². The molecule has 94 valence electrons. The lowest BCUT2D eigenvalue weighted by Crippen LogP contribution is -2.47. The van der Waals surface area contributed by atoms with Gasteiger partial charge in [0.15, 0.2) is 0 Å². The monoisotopic (exact) mass is 257 g/mol. The van der Waals surface area contributed by atoms with Crippen molar-refractivity contribution in [1.29, 1.82) is 0 Å². The van der Waals surface area contributed by atoms with Crippen molar-refractivity contribution in [3.8, 4) is 11.8 Å². The van der Waals surface area contributed by atoms with Gasteiger partial charge in [-0.1, -0.05) is 0 Å². The maximum Gasteiger partial charge on any atom is 0.229 e. The summed E-state index contributed by atoms with van der Waals surface area (Å²) in [5.41, 5.74) is -0.0705. The molecule has 5 nitrogen and oxygen atoms in total. The molecule has 0 bridgehead atoms. The third kappa shape index (κ3) is 2.54. The number of rotatable bonds is 5. The van der Waals surface area contributed by atoms with E-state index in [0.717, 1.165) is 12.8 Å². The van der Waals surface area contributed by atoms with Crippen molar-refractivity contribution in [1.82, 2.24) is 9.97 Å². The van der Waals surface area contributed by atoms with Gasteiger partial charge in [-0.15, -0.1) is 11.6 Å². The topological polar surface area (TPSA) is 56.3 Å². The molecule has 2 rings (SSSR count). The molecule has 1 aliphatic carbocycles. The Hall–Kier alpha value is -1.23. The molecule has 1 aromatic rings. The van der Waals surface area contributed by atoms with Crippen LogP contribution in [0.3, 0.4) is 0 Å². The summed E-state index contributed by atoms with van der Waals surface area (Å²) in [6, 6.07) is 1.64. The predicted molar refractivity (Wildman–Crippen MR) is 66.1 cm³/mol. The fourth-order valence-corrected chi connectivity index (χ4v) is 2.14. The maximum atomic E-state index is 5.98. The quantitative estimate of drug-likeness (QED) is 0.819. The number of nitrogens with zero attached hydrogens (tertiary/aromatic N) is 2. The molecule has 0 saturated heterocycles. The molecule has 0 radical (unpaired) electrons. The molecule has 0 aliphatic heterocycles. The fourth-order valence-electron chi connectivity index (χ4n) is 1.80. The average Bonchev–Trinajstić information content (AvgIpc) is 2.33. The van der Waals surface area contributed by atoms with E-state index in [0.29, 0.717) is 23.6 Å². The molecule has 1 aliphatic rings. The van der Waals surface area contributed by atoms with E-state index < -0.39 is 0 Å². The molecule has 17 heavy (non-hydrogen) atoms. The van der Waals surface area contributed by atoms with E-state index in [1.54, 1.807) is 20.3 Å². The lowest BCUT2D eigenvalue weighted by molar-refractivity contribution is 0.307. The Morgan fingerprint density at radius 2 is 1.88 bits per heavy atom. The van der Waals surface area contributed by atoms with Crippen LogP contribution in [0.2, 0.25) is 0 Å². The van der Waals surface area contributed by atoms with Gasteiger partial charge in [-0.3, -0.25) is 0 Å².